The van der Waals surface area contributed by atoms with Crippen LogP contribution in [0.1, 0.15) is 24.4 Å². The van der Waals surface area contributed by atoms with Crippen molar-refractivity contribution in [3.8, 4) is 0 Å². The maximum atomic E-state index is 12.5. The zero-order valence-corrected chi connectivity index (χ0v) is 9.68. The first-order valence-electron chi connectivity index (χ1n) is 5.75. The fraction of sp³-hybridized carbons (Fsp3) is 0.385. The molecule has 5 heteroatoms. The zero-order chi connectivity index (χ0) is 13.1. The topological polar surface area (TPSA) is 37.4 Å². The molecule has 3 nitrogen and oxygen atoms in total. The molecule has 1 unspecified atom stereocenters. The number of piperidine rings is 1. The van der Waals surface area contributed by atoms with Crippen LogP contribution < -0.4 is 0 Å². The summed E-state index contributed by atoms with van der Waals surface area (Å²) in [4.78, 5) is 24.0. The normalized spacial score (nSPS) is 20.3. The molecule has 1 aromatic carbocycles. The number of rotatable bonds is 2. The molecule has 1 atom stereocenters. The molecule has 1 aliphatic rings. The Bertz CT molecular complexity index is 448. The number of hydrogen-bond acceptors (Lipinski definition) is 2. The molecule has 1 fully saturated rings. The van der Waals surface area contributed by atoms with E-state index in [0.717, 1.165) is 10.5 Å². The molecular formula is C13H13F2NO2. The van der Waals surface area contributed by atoms with E-state index in [9.17, 15) is 18.4 Å². The number of benzene rings is 1. The van der Waals surface area contributed by atoms with Gasteiger partial charge in [-0.2, -0.15) is 8.78 Å². The van der Waals surface area contributed by atoms with E-state index in [1.165, 1.54) is 0 Å². The first kappa shape index (κ1) is 12.7. The molecule has 0 N–H and O–H groups in total. The molecule has 96 valence electrons. The minimum atomic E-state index is -3.02. The average molecular weight is 253 g/mol. The Labute approximate surface area is 103 Å². The number of Topliss-reactive ketones (excluding diaryl/α,β-unsaturated/α-hetero) is 1. The number of alkyl halides is 2. The predicted molar refractivity (Wildman–Crippen MR) is 61.1 cm³/mol. The Hall–Kier alpha value is -1.78. The third-order valence-electron chi connectivity index (χ3n) is 3.08. The smallest absolute Gasteiger partial charge is 0.315 e. The van der Waals surface area contributed by atoms with Gasteiger partial charge in [-0.15, -0.1) is 0 Å². The number of likely N-dealkylation sites (tertiary alicyclic amines) is 1. The second-order valence-corrected chi connectivity index (χ2v) is 4.25. The van der Waals surface area contributed by atoms with Gasteiger partial charge in [-0.05, 0) is 5.56 Å². The van der Waals surface area contributed by atoms with Crippen molar-refractivity contribution in [1.29, 1.82) is 0 Å². The highest BCUT2D eigenvalue weighted by Gasteiger charge is 2.35. The highest BCUT2D eigenvalue weighted by molar-refractivity contribution is 5.85. The Balaban J connectivity index is 2.27. The summed E-state index contributed by atoms with van der Waals surface area (Å²) in [6.07, 6.45) is -2.76. The van der Waals surface area contributed by atoms with Gasteiger partial charge in [0.2, 0.25) is 0 Å². The maximum absolute atomic E-state index is 12.5. The Morgan fingerprint density at radius 2 is 1.94 bits per heavy atom. The molecule has 1 amide bonds. The minimum absolute atomic E-state index is 0.00201. The van der Waals surface area contributed by atoms with Crippen molar-refractivity contribution in [1.82, 2.24) is 4.90 Å². The fourth-order valence-electron chi connectivity index (χ4n) is 2.19. The van der Waals surface area contributed by atoms with Crippen molar-refractivity contribution >= 4 is 11.7 Å². The third-order valence-corrected chi connectivity index (χ3v) is 3.08. The third kappa shape index (κ3) is 2.55. The lowest BCUT2D eigenvalue weighted by Gasteiger charge is -2.35. The van der Waals surface area contributed by atoms with Gasteiger partial charge >= 0.3 is 6.43 Å². The van der Waals surface area contributed by atoms with Gasteiger partial charge in [-0.3, -0.25) is 9.59 Å². The molecule has 0 bridgehead atoms. The van der Waals surface area contributed by atoms with Crippen LogP contribution in [0.4, 0.5) is 8.78 Å². The highest BCUT2D eigenvalue weighted by Crippen LogP contribution is 2.30. The first-order valence-corrected chi connectivity index (χ1v) is 5.75. The van der Waals surface area contributed by atoms with Crippen molar-refractivity contribution in [3.63, 3.8) is 0 Å². The van der Waals surface area contributed by atoms with Crippen molar-refractivity contribution in [2.45, 2.75) is 25.3 Å². The Morgan fingerprint density at radius 1 is 1.28 bits per heavy atom. The summed E-state index contributed by atoms with van der Waals surface area (Å²) in [7, 11) is 0. The van der Waals surface area contributed by atoms with Crippen LogP contribution >= 0.6 is 0 Å². The standard InChI is InChI=1S/C13H13F2NO2/c14-12(15)13(18)16-7-6-10(17)8-11(16)9-4-2-1-3-5-9/h1-5,11-12H,6-8H2. The van der Waals surface area contributed by atoms with Crippen LogP contribution in [0.25, 0.3) is 0 Å². The molecule has 1 aliphatic heterocycles. The van der Waals surface area contributed by atoms with Crippen LogP contribution in [0, 0.1) is 0 Å². The molecular weight excluding hydrogens is 240 g/mol. The molecule has 0 saturated carbocycles. The van der Waals surface area contributed by atoms with Crippen LogP contribution in [0.2, 0.25) is 0 Å². The average Bonchev–Trinajstić information content (AvgIpc) is 2.39. The molecule has 2 rings (SSSR count). The highest BCUT2D eigenvalue weighted by atomic mass is 19.3. The van der Waals surface area contributed by atoms with E-state index in [1.54, 1.807) is 30.3 Å². The lowest BCUT2D eigenvalue weighted by Crippen LogP contribution is -2.44. The van der Waals surface area contributed by atoms with E-state index in [2.05, 4.69) is 0 Å². The van der Waals surface area contributed by atoms with Gasteiger partial charge in [0.1, 0.15) is 5.78 Å². The Kier molecular flexibility index (Phi) is 3.69. The fourth-order valence-corrected chi connectivity index (χ4v) is 2.19. The predicted octanol–water partition coefficient (Wildman–Crippen LogP) is 2.18. The first-order chi connectivity index (χ1) is 8.59. The Morgan fingerprint density at radius 3 is 2.56 bits per heavy atom. The minimum Gasteiger partial charge on any atom is -0.330 e. The summed E-state index contributed by atoms with van der Waals surface area (Å²) < 4.78 is 25.0. The molecule has 1 aromatic rings. The number of carbonyl (C=O) groups is 2. The van der Waals surface area contributed by atoms with Crippen LogP contribution in [-0.4, -0.2) is 29.6 Å². The lowest BCUT2D eigenvalue weighted by molar-refractivity contribution is -0.148. The number of hydrogen-bond donors (Lipinski definition) is 0. The van der Waals surface area contributed by atoms with E-state index >= 15 is 0 Å². The number of ketones is 1. The number of nitrogens with zero attached hydrogens (tertiary/aromatic N) is 1. The van der Waals surface area contributed by atoms with Gasteiger partial charge < -0.3 is 4.90 Å². The maximum Gasteiger partial charge on any atom is 0.315 e. The molecule has 0 radical (unpaired) electrons. The van der Waals surface area contributed by atoms with E-state index in [1.807, 2.05) is 0 Å². The molecule has 0 aliphatic carbocycles. The number of halogens is 2. The van der Waals surface area contributed by atoms with Crippen LogP contribution in [-0.2, 0) is 9.59 Å². The van der Waals surface area contributed by atoms with Gasteiger partial charge in [0.05, 0.1) is 6.04 Å². The van der Waals surface area contributed by atoms with E-state index in [-0.39, 0.29) is 25.2 Å². The second-order valence-electron chi connectivity index (χ2n) is 4.25. The summed E-state index contributed by atoms with van der Waals surface area (Å²) in [6, 6.07) is 8.25. The van der Waals surface area contributed by atoms with Gasteiger partial charge in [-0.1, -0.05) is 30.3 Å². The monoisotopic (exact) mass is 253 g/mol. The summed E-state index contributed by atoms with van der Waals surface area (Å²) in [6.45, 7) is 0.0710. The summed E-state index contributed by atoms with van der Waals surface area (Å²) in [5.41, 5.74) is 0.722. The second kappa shape index (κ2) is 5.25. The van der Waals surface area contributed by atoms with Crippen LogP contribution in [0.15, 0.2) is 30.3 Å². The molecule has 0 aromatic heterocycles. The molecule has 1 heterocycles. The SMILES string of the molecule is O=C1CCN(C(=O)C(F)F)C(c2ccccc2)C1. The van der Waals surface area contributed by atoms with Crippen molar-refractivity contribution in [2.24, 2.45) is 0 Å². The largest absolute Gasteiger partial charge is 0.330 e. The van der Waals surface area contributed by atoms with Crippen LogP contribution in [0.5, 0.6) is 0 Å². The molecule has 1 saturated heterocycles. The summed E-state index contributed by atoms with van der Waals surface area (Å²) in [5.74, 6) is -1.20. The zero-order valence-electron chi connectivity index (χ0n) is 9.68. The number of carbonyl (C=O) groups excluding carboxylic acids is 2. The van der Waals surface area contributed by atoms with Gasteiger partial charge in [0, 0.05) is 19.4 Å². The summed E-state index contributed by atoms with van der Waals surface area (Å²) >= 11 is 0. The van der Waals surface area contributed by atoms with E-state index < -0.39 is 18.4 Å². The molecule has 18 heavy (non-hydrogen) atoms. The number of amides is 1. The van der Waals surface area contributed by atoms with E-state index in [4.69, 9.17) is 0 Å². The van der Waals surface area contributed by atoms with Gasteiger partial charge in [0.15, 0.2) is 0 Å². The lowest BCUT2D eigenvalue weighted by atomic mass is 9.94. The van der Waals surface area contributed by atoms with Crippen molar-refractivity contribution in [2.75, 3.05) is 6.54 Å². The molecule has 0 spiro atoms. The van der Waals surface area contributed by atoms with Gasteiger partial charge in [-0.25, -0.2) is 0 Å². The van der Waals surface area contributed by atoms with Crippen molar-refractivity contribution in [3.05, 3.63) is 35.9 Å². The van der Waals surface area contributed by atoms with Crippen molar-refractivity contribution < 1.29 is 18.4 Å². The summed E-state index contributed by atoms with van der Waals surface area (Å²) in [5, 5.41) is 0. The quantitative estimate of drug-likeness (QED) is 0.810. The van der Waals surface area contributed by atoms with E-state index in [0.29, 0.717) is 0 Å². The van der Waals surface area contributed by atoms with Crippen LogP contribution in [0.3, 0.4) is 0 Å². The van der Waals surface area contributed by atoms with Gasteiger partial charge in [0.25, 0.3) is 5.91 Å².